The minimum absolute atomic E-state index is 0.562. The summed E-state index contributed by atoms with van der Waals surface area (Å²) in [5.41, 5.74) is 3.50. The first-order valence-electron chi connectivity index (χ1n) is 6.22. The average molecular weight is 253 g/mol. The monoisotopic (exact) mass is 253 g/mol. The number of hydrogen-bond acceptors (Lipinski definition) is 3. The lowest BCUT2D eigenvalue weighted by Crippen LogP contribution is -1.97. The summed E-state index contributed by atoms with van der Waals surface area (Å²) in [6, 6.07) is 9.69. The number of nitrogens with zero attached hydrogens (tertiary/aromatic N) is 3. The van der Waals surface area contributed by atoms with E-state index in [9.17, 15) is 5.11 Å². The van der Waals surface area contributed by atoms with Crippen LogP contribution < -0.4 is 0 Å². The Labute approximate surface area is 111 Å². The van der Waals surface area contributed by atoms with E-state index in [1.807, 2.05) is 48.1 Å². The molecule has 0 aliphatic heterocycles. The largest absolute Gasteiger partial charge is 0.387 e. The Morgan fingerprint density at radius 1 is 1.21 bits per heavy atom. The van der Waals surface area contributed by atoms with Gasteiger partial charge in [-0.25, -0.2) is 4.98 Å². The number of aromatic nitrogens is 3. The molecular formula is C15H15N3O. The number of aryl methyl sites for hydroxylation is 1. The van der Waals surface area contributed by atoms with Crippen molar-refractivity contribution in [2.75, 3.05) is 0 Å². The Kier molecular flexibility index (Phi) is 2.80. The molecule has 0 aromatic carbocycles. The molecule has 0 fully saturated rings. The van der Waals surface area contributed by atoms with Crippen molar-refractivity contribution >= 4 is 11.0 Å². The number of fused-ring (bicyclic) bond motifs is 1. The van der Waals surface area contributed by atoms with Crippen LogP contribution in [0, 0.1) is 0 Å². The summed E-state index contributed by atoms with van der Waals surface area (Å²) >= 11 is 0. The van der Waals surface area contributed by atoms with Crippen molar-refractivity contribution in [3.63, 3.8) is 0 Å². The molecule has 19 heavy (non-hydrogen) atoms. The Morgan fingerprint density at radius 3 is 2.84 bits per heavy atom. The highest BCUT2D eigenvalue weighted by Crippen LogP contribution is 2.27. The summed E-state index contributed by atoms with van der Waals surface area (Å²) in [6.45, 7) is 1.72. The second-order valence-electron chi connectivity index (χ2n) is 4.65. The third kappa shape index (κ3) is 2.00. The van der Waals surface area contributed by atoms with Gasteiger partial charge in [-0.3, -0.25) is 4.98 Å². The highest BCUT2D eigenvalue weighted by molar-refractivity contribution is 5.92. The van der Waals surface area contributed by atoms with Gasteiger partial charge in [0.2, 0.25) is 0 Å². The molecule has 0 bridgehead atoms. The molecule has 0 unspecified atom stereocenters. The molecule has 3 rings (SSSR count). The molecule has 0 aliphatic rings. The summed E-state index contributed by atoms with van der Waals surface area (Å²) in [5, 5.41) is 10.7. The molecular weight excluding hydrogens is 238 g/mol. The van der Waals surface area contributed by atoms with E-state index >= 15 is 0 Å². The highest BCUT2D eigenvalue weighted by atomic mass is 16.3. The average Bonchev–Trinajstić information content (AvgIpc) is 2.81. The third-order valence-electron chi connectivity index (χ3n) is 3.24. The molecule has 0 radical (unpaired) electrons. The summed E-state index contributed by atoms with van der Waals surface area (Å²) in [5.74, 6) is 0. The van der Waals surface area contributed by atoms with Gasteiger partial charge in [0.1, 0.15) is 5.65 Å². The van der Waals surface area contributed by atoms with Crippen molar-refractivity contribution in [2.45, 2.75) is 13.0 Å². The van der Waals surface area contributed by atoms with E-state index in [1.165, 1.54) is 0 Å². The van der Waals surface area contributed by atoms with Gasteiger partial charge in [-0.1, -0.05) is 6.07 Å². The maximum absolute atomic E-state index is 9.63. The van der Waals surface area contributed by atoms with Crippen molar-refractivity contribution in [3.8, 4) is 11.3 Å². The second kappa shape index (κ2) is 4.48. The predicted molar refractivity (Wildman–Crippen MR) is 74.6 cm³/mol. The van der Waals surface area contributed by atoms with Crippen molar-refractivity contribution in [1.82, 2.24) is 14.5 Å². The van der Waals surface area contributed by atoms with E-state index in [2.05, 4.69) is 9.97 Å². The fourth-order valence-electron chi connectivity index (χ4n) is 2.22. The number of pyridine rings is 2. The van der Waals surface area contributed by atoms with Crippen LogP contribution in [0.15, 0.2) is 42.7 Å². The van der Waals surface area contributed by atoms with Crippen molar-refractivity contribution in [3.05, 3.63) is 48.4 Å². The Hall–Kier alpha value is -2.20. The lowest BCUT2D eigenvalue weighted by Gasteiger charge is -2.07. The lowest BCUT2D eigenvalue weighted by atomic mass is 10.1. The maximum Gasteiger partial charge on any atom is 0.140 e. The second-order valence-corrected chi connectivity index (χ2v) is 4.65. The Morgan fingerprint density at radius 2 is 2.05 bits per heavy atom. The summed E-state index contributed by atoms with van der Waals surface area (Å²) in [6.07, 6.45) is 3.21. The molecule has 0 saturated heterocycles. The van der Waals surface area contributed by atoms with Gasteiger partial charge in [-0.05, 0) is 31.2 Å². The van der Waals surface area contributed by atoms with Gasteiger partial charge in [-0.2, -0.15) is 0 Å². The predicted octanol–water partition coefficient (Wildman–Crippen LogP) is 2.69. The molecule has 3 aromatic heterocycles. The smallest absolute Gasteiger partial charge is 0.140 e. The normalized spacial score (nSPS) is 12.8. The fraction of sp³-hybridized carbons (Fsp3) is 0.200. The fourth-order valence-corrected chi connectivity index (χ4v) is 2.22. The molecule has 0 aliphatic carbocycles. The standard InChI is InChI=1S/C15H15N3O/c1-10(19)13-4-3-5-14(17-13)11-6-8-16-15-12(11)7-9-18(15)2/h3-10,19H,1-2H3/t10-/m1/s1. The molecule has 0 spiro atoms. The molecule has 96 valence electrons. The summed E-state index contributed by atoms with van der Waals surface area (Å²) in [7, 11) is 1.97. The molecule has 4 heteroatoms. The molecule has 0 amide bonds. The first kappa shape index (κ1) is 11.9. The van der Waals surface area contributed by atoms with E-state index < -0.39 is 6.10 Å². The van der Waals surface area contributed by atoms with Gasteiger partial charge in [-0.15, -0.1) is 0 Å². The molecule has 0 saturated carbocycles. The number of rotatable bonds is 2. The van der Waals surface area contributed by atoms with E-state index in [4.69, 9.17) is 0 Å². The zero-order chi connectivity index (χ0) is 13.4. The van der Waals surface area contributed by atoms with E-state index in [1.54, 1.807) is 13.1 Å². The topological polar surface area (TPSA) is 50.9 Å². The van der Waals surface area contributed by atoms with Crippen LogP contribution in [0.3, 0.4) is 0 Å². The van der Waals surface area contributed by atoms with E-state index in [0.29, 0.717) is 5.69 Å². The van der Waals surface area contributed by atoms with Gasteiger partial charge in [0.25, 0.3) is 0 Å². The van der Waals surface area contributed by atoms with E-state index in [0.717, 1.165) is 22.3 Å². The van der Waals surface area contributed by atoms with E-state index in [-0.39, 0.29) is 0 Å². The van der Waals surface area contributed by atoms with Crippen LogP contribution in [-0.2, 0) is 7.05 Å². The van der Waals surface area contributed by atoms with Crippen LogP contribution in [0.5, 0.6) is 0 Å². The summed E-state index contributed by atoms with van der Waals surface area (Å²) < 4.78 is 1.98. The van der Waals surface area contributed by atoms with Crippen molar-refractivity contribution < 1.29 is 5.11 Å². The number of aliphatic hydroxyl groups is 1. The van der Waals surface area contributed by atoms with Crippen LogP contribution >= 0.6 is 0 Å². The first-order valence-corrected chi connectivity index (χ1v) is 6.22. The van der Waals surface area contributed by atoms with Gasteiger partial charge in [0, 0.05) is 30.4 Å². The number of aliphatic hydroxyl groups excluding tert-OH is 1. The highest BCUT2D eigenvalue weighted by Gasteiger charge is 2.10. The Balaban J connectivity index is 2.21. The zero-order valence-electron chi connectivity index (χ0n) is 10.9. The maximum atomic E-state index is 9.63. The molecule has 3 aromatic rings. The van der Waals surface area contributed by atoms with Crippen molar-refractivity contribution in [1.29, 1.82) is 0 Å². The van der Waals surface area contributed by atoms with Gasteiger partial charge >= 0.3 is 0 Å². The van der Waals surface area contributed by atoms with Gasteiger partial charge in [0.05, 0.1) is 17.5 Å². The van der Waals surface area contributed by atoms with Crippen LogP contribution in [0.1, 0.15) is 18.7 Å². The SMILES string of the molecule is C[C@@H](O)c1cccc(-c2ccnc3c2ccn3C)n1. The number of hydrogen-bond donors (Lipinski definition) is 1. The first-order chi connectivity index (χ1) is 9.16. The van der Waals surface area contributed by atoms with Crippen molar-refractivity contribution in [2.24, 2.45) is 7.05 Å². The lowest BCUT2D eigenvalue weighted by molar-refractivity contribution is 0.194. The van der Waals surface area contributed by atoms with Gasteiger partial charge in [0.15, 0.2) is 0 Å². The van der Waals surface area contributed by atoms with Crippen LogP contribution in [0.25, 0.3) is 22.3 Å². The molecule has 3 heterocycles. The molecule has 1 N–H and O–H groups in total. The Bertz CT molecular complexity index is 731. The minimum atomic E-state index is -0.562. The van der Waals surface area contributed by atoms with Crippen LogP contribution in [0.2, 0.25) is 0 Å². The molecule has 1 atom stereocenters. The minimum Gasteiger partial charge on any atom is -0.387 e. The third-order valence-corrected chi connectivity index (χ3v) is 3.24. The zero-order valence-corrected chi connectivity index (χ0v) is 10.9. The van der Waals surface area contributed by atoms with Crippen LogP contribution in [0.4, 0.5) is 0 Å². The quantitative estimate of drug-likeness (QED) is 0.764. The molecule has 4 nitrogen and oxygen atoms in total. The van der Waals surface area contributed by atoms with Crippen LogP contribution in [-0.4, -0.2) is 19.6 Å². The van der Waals surface area contributed by atoms with Gasteiger partial charge < -0.3 is 9.67 Å². The summed E-state index contributed by atoms with van der Waals surface area (Å²) in [4.78, 5) is 8.89.